The van der Waals surface area contributed by atoms with Crippen molar-refractivity contribution >= 4 is 0 Å². The van der Waals surface area contributed by atoms with Crippen LogP contribution in [0.2, 0.25) is 0 Å². The molecule has 3 nitrogen and oxygen atoms in total. The van der Waals surface area contributed by atoms with Crippen molar-refractivity contribution < 1.29 is 0 Å². The van der Waals surface area contributed by atoms with Crippen LogP contribution in [0, 0.1) is 18.8 Å². The van der Waals surface area contributed by atoms with E-state index in [0.717, 1.165) is 12.3 Å². The van der Waals surface area contributed by atoms with E-state index in [-0.39, 0.29) is 6.04 Å². The molecular formula is C12H21N3. The van der Waals surface area contributed by atoms with E-state index < -0.39 is 0 Å². The van der Waals surface area contributed by atoms with E-state index in [1.165, 1.54) is 12.0 Å². The van der Waals surface area contributed by atoms with Gasteiger partial charge in [-0.15, -0.1) is 0 Å². The first-order chi connectivity index (χ1) is 7.08. The predicted octanol–water partition coefficient (Wildman–Crippen LogP) is 2.13. The van der Waals surface area contributed by atoms with Crippen LogP contribution in [0.15, 0.2) is 12.4 Å². The summed E-state index contributed by atoms with van der Waals surface area (Å²) in [6.07, 6.45) is 6.40. The van der Waals surface area contributed by atoms with Gasteiger partial charge in [-0.3, -0.25) is 4.68 Å². The van der Waals surface area contributed by atoms with Gasteiger partial charge < -0.3 is 5.73 Å². The molecule has 1 fully saturated rings. The minimum absolute atomic E-state index is 0.253. The maximum atomic E-state index is 6.24. The smallest absolute Gasteiger partial charge is 0.0695 e. The van der Waals surface area contributed by atoms with Gasteiger partial charge in [-0.25, -0.2) is 0 Å². The zero-order valence-corrected chi connectivity index (χ0v) is 9.85. The van der Waals surface area contributed by atoms with Crippen molar-refractivity contribution in [3.63, 3.8) is 0 Å². The number of aromatic nitrogens is 2. The second-order valence-electron chi connectivity index (χ2n) is 5.21. The van der Waals surface area contributed by atoms with Crippen LogP contribution >= 0.6 is 0 Å². The van der Waals surface area contributed by atoms with Crippen molar-refractivity contribution in [1.29, 1.82) is 0 Å². The third-order valence-corrected chi connectivity index (χ3v) is 3.51. The van der Waals surface area contributed by atoms with Gasteiger partial charge in [0.15, 0.2) is 0 Å². The van der Waals surface area contributed by atoms with Gasteiger partial charge in [-0.2, -0.15) is 5.10 Å². The van der Waals surface area contributed by atoms with E-state index in [2.05, 4.69) is 36.7 Å². The molecule has 0 saturated heterocycles. The molecule has 4 unspecified atom stereocenters. The Hall–Kier alpha value is -0.830. The Balaban J connectivity index is 2.20. The van der Waals surface area contributed by atoms with Gasteiger partial charge in [-0.05, 0) is 37.2 Å². The lowest BCUT2D eigenvalue weighted by Gasteiger charge is -2.37. The third kappa shape index (κ3) is 2.07. The van der Waals surface area contributed by atoms with Crippen molar-refractivity contribution in [2.45, 2.75) is 45.7 Å². The van der Waals surface area contributed by atoms with Crippen molar-refractivity contribution in [1.82, 2.24) is 9.78 Å². The van der Waals surface area contributed by atoms with E-state index >= 15 is 0 Å². The van der Waals surface area contributed by atoms with E-state index in [0.29, 0.717) is 12.0 Å². The van der Waals surface area contributed by atoms with Crippen LogP contribution in [0.1, 0.15) is 38.3 Å². The molecule has 1 saturated carbocycles. The molecule has 4 atom stereocenters. The first-order valence-corrected chi connectivity index (χ1v) is 5.84. The van der Waals surface area contributed by atoms with Gasteiger partial charge in [0.1, 0.15) is 0 Å². The van der Waals surface area contributed by atoms with Crippen LogP contribution in [0.3, 0.4) is 0 Å². The molecule has 2 rings (SSSR count). The maximum Gasteiger partial charge on any atom is 0.0695 e. The fourth-order valence-electron chi connectivity index (χ4n) is 2.95. The number of hydrogen-bond acceptors (Lipinski definition) is 2. The molecule has 0 radical (unpaired) electrons. The van der Waals surface area contributed by atoms with Crippen LogP contribution in [0.5, 0.6) is 0 Å². The summed E-state index contributed by atoms with van der Waals surface area (Å²) in [5.74, 6) is 1.38. The molecule has 3 heteroatoms. The molecule has 0 amide bonds. The van der Waals surface area contributed by atoms with Crippen LogP contribution in [-0.2, 0) is 0 Å². The van der Waals surface area contributed by atoms with Crippen LogP contribution < -0.4 is 5.73 Å². The van der Waals surface area contributed by atoms with E-state index in [1.54, 1.807) is 0 Å². The Morgan fingerprint density at radius 1 is 1.40 bits per heavy atom. The zero-order valence-electron chi connectivity index (χ0n) is 9.85. The average molecular weight is 207 g/mol. The summed E-state index contributed by atoms with van der Waals surface area (Å²) in [6, 6.07) is 0.637. The average Bonchev–Trinajstić information content (AvgIpc) is 2.49. The first kappa shape index (κ1) is 10.7. The standard InChI is InChI=1S/C12H21N3/c1-8-4-10(3)12(11(13)5-8)15-7-9(2)6-14-15/h6-8,10-12H,4-5,13H2,1-3H3. The molecule has 0 aromatic carbocycles. The second-order valence-corrected chi connectivity index (χ2v) is 5.21. The summed E-state index contributed by atoms with van der Waals surface area (Å²) in [7, 11) is 0. The number of nitrogens with zero attached hydrogens (tertiary/aromatic N) is 2. The molecule has 84 valence electrons. The SMILES string of the molecule is Cc1cnn(C2C(C)CC(C)CC2N)c1. The summed E-state index contributed by atoms with van der Waals surface area (Å²) >= 11 is 0. The Labute approximate surface area is 91.7 Å². The molecule has 0 aliphatic heterocycles. The van der Waals surface area contributed by atoms with Crippen molar-refractivity contribution in [2.75, 3.05) is 0 Å². The fraction of sp³-hybridized carbons (Fsp3) is 0.750. The first-order valence-electron chi connectivity index (χ1n) is 5.84. The molecule has 1 aliphatic rings. The molecule has 0 spiro atoms. The lowest BCUT2D eigenvalue weighted by Crippen LogP contribution is -2.42. The molecule has 1 aromatic rings. The van der Waals surface area contributed by atoms with Crippen molar-refractivity contribution in [3.05, 3.63) is 18.0 Å². The Bertz CT molecular complexity index is 319. The quantitative estimate of drug-likeness (QED) is 0.766. The van der Waals surface area contributed by atoms with E-state index in [9.17, 15) is 0 Å². The van der Waals surface area contributed by atoms with Gasteiger partial charge in [0.25, 0.3) is 0 Å². The van der Waals surface area contributed by atoms with Crippen LogP contribution in [0.25, 0.3) is 0 Å². The van der Waals surface area contributed by atoms with Crippen LogP contribution in [0.4, 0.5) is 0 Å². The zero-order chi connectivity index (χ0) is 11.0. The fourth-order valence-corrected chi connectivity index (χ4v) is 2.95. The molecule has 1 aromatic heterocycles. The molecule has 2 N–H and O–H groups in total. The van der Waals surface area contributed by atoms with Gasteiger partial charge in [0.2, 0.25) is 0 Å². The minimum atomic E-state index is 0.253. The lowest BCUT2D eigenvalue weighted by molar-refractivity contribution is 0.166. The van der Waals surface area contributed by atoms with Crippen molar-refractivity contribution in [3.8, 4) is 0 Å². The highest BCUT2D eigenvalue weighted by molar-refractivity contribution is 5.02. The summed E-state index contributed by atoms with van der Waals surface area (Å²) < 4.78 is 2.07. The number of hydrogen-bond donors (Lipinski definition) is 1. The van der Waals surface area contributed by atoms with Gasteiger partial charge in [-0.1, -0.05) is 13.8 Å². The predicted molar refractivity (Wildman–Crippen MR) is 61.5 cm³/mol. The topological polar surface area (TPSA) is 43.8 Å². The molecule has 1 heterocycles. The number of aryl methyl sites for hydroxylation is 1. The molecule has 0 bridgehead atoms. The molecule has 1 aliphatic carbocycles. The van der Waals surface area contributed by atoms with Gasteiger partial charge in [0, 0.05) is 12.2 Å². The van der Waals surface area contributed by atoms with E-state index in [1.807, 2.05) is 6.20 Å². The molecule has 15 heavy (non-hydrogen) atoms. The second kappa shape index (κ2) is 3.97. The Morgan fingerprint density at radius 2 is 2.13 bits per heavy atom. The van der Waals surface area contributed by atoms with Crippen LogP contribution in [-0.4, -0.2) is 15.8 Å². The highest BCUT2D eigenvalue weighted by Gasteiger charge is 2.33. The Kier molecular flexibility index (Phi) is 2.83. The highest BCUT2D eigenvalue weighted by Crippen LogP contribution is 2.35. The monoisotopic (exact) mass is 207 g/mol. The van der Waals surface area contributed by atoms with Gasteiger partial charge in [0.05, 0.1) is 12.2 Å². The largest absolute Gasteiger partial charge is 0.326 e. The van der Waals surface area contributed by atoms with Crippen molar-refractivity contribution in [2.24, 2.45) is 17.6 Å². The summed E-state index contributed by atoms with van der Waals surface area (Å²) in [5.41, 5.74) is 7.46. The lowest BCUT2D eigenvalue weighted by atomic mass is 9.77. The maximum absolute atomic E-state index is 6.24. The van der Waals surface area contributed by atoms with E-state index in [4.69, 9.17) is 5.73 Å². The number of nitrogens with two attached hydrogens (primary N) is 1. The normalized spacial score (nSPS) is 36.8. The third-order valence-electron chi connectivity index (χ3n) is 3.51. The summed E-state index contributed by atoms with van der Waals surface area (Å²) in [5, 5.41) is 4.40. The highest BCUT2D eigenvalue weighted by atomic mass is 15.3. The van der Waals surface area contributed by atoms with Gasteiger partial charge >= 0.3 is 0 Å². The summed E-state index contributed by atoms with van der Waals surface area (Å²) in [4.78, 5) is 0. The minimum Gasteiger partial charge on any atom is -0.326 e. The summed E-state index contributed by atoms with van der Waals surface area (Å²) in [6.45, 7) is 6.66. The Morgan fingerprint density at radius 3 is 2.67 bits per heavy atom. The molecular weight excluding hydrogens is 186 g/mol. The number of rotatable bonds is 1.